The van der Waals surface area contributed by atoms with Gasteiger partial charge in [0.2, 0.25) is 0 Å². The zero-order valence-electron chi connectivity index (χ0n) is 12.2. The van der Waals surface area contributed by atoms with Crippen LogP contribution < -0.4 is 5.11 Å². The van der Waals surface area contributed by atoms with Gasteiger partial charge in [-0.3, -0.25) is 9.69 Å². The first-order valence-electron chi connectivity index (χ1n) is 6.66. The van der Waals surface area contributed by atoms with Gasteiger partial charge in [0.25, 0.3) is 5.91 Å². The molecule has 0 aliphatic carbocycles. The number of carbonyl (C=O) groups is 2. The summed E-state index contributed by atoms with van der Waals surface area (Å²) in [5.74, 6) is -1.58. The molecule has 23 heavy (non-hydrogen) atoms. The van der Waals surface area contributed by atoms with Crippen LogP contribution in [0.5, 0.6) is 0 Å². The van der Waals surface area contributed by atoms with Crippen molar-refractivity contribution in [3.8, 4) is 0 Å². The molecule has 1 aromatic carbocycles. The number of rotatable bonds is 6. The Balaban J connectivity index is 2.24. The quantitative estimate of drug-likeness (QED) is 0.563. The minimum atomic E-state index is -1.32. The van der Waals surface area contributed by atoms with Crippen molar-refractivity contribution in [2.24, 2.45) is 0 Å². The summed E-state index contributed by atoms with van der Waals surface area (Å²) < 4.78 is 13.1. The van der Waals surface area contributed by atoms with Gasteiger partial charge in [0.05, 0.1) is 16.9 Å². The summed E-state index contributed by atoms with van der Waals surface area (Å²) >= 11 is 7.67. The van der Waals surface area contributed by atoms with Crippen LogP contribution in [0.25, 0.3) is 6.08 Å². The number of hydrogen-bond donors (Lipinski definition) is 0. The van der Waals surface area contributed by atoms with Crippen LogP contribution in [0.4, 0.5) is 4.39 Å². The van der Waals surface area contributed by atoms with Gasteiger partial charge in [0.1, 0.15) is 10.1 Å². The van der Waals surface area contributed by atoms with Crippen molar-refractivity contribution >= 4 is 58.0 Å². The first-order valence-corrected chi connectivity index (χ1v) is 9.28. The number of benzene rings is 1. The normalized spacial score (nSPS) is 17.8. The van der Waals surface area contributed by atoms with Crippen molar-refractivity contribution in [2.75, 3.05) is 12.0 Å². The van der Waals surface area contributed by atoms with Crippen LogP contribution >= 0.6 is 35.7 Å². The predicted molar refractivity (Wildman–Crippen MR) is 93.2 cm³/mol. The van der Waals surface area contributed by atoms with E-state index in [2.05, 4.69) is 0 Å². The zero-order chi connectivity index (χ0) is 17.0. The van der Waals surface area contributed by atoms with E-state index in [1.165, 1.54) is 36.0 Å². The van der Waals surface area contributed by atoms with Crippen LogP contribution in [0, 0.1) is 5.82 Å². The monoisotopic (exact) mass is 370 g/mol. The van der Waals surface area contributed by atoms with E-state index in [9.17, 15) is 19.1 Å². The number of hydrogen-bond acceptors (Lipinski definition) is 6. The van der Waals surface area contributed by atoms with Gasteiger partial charge in [-0.25, -0.2) is 4.39 Å². The molecule has 8 heteroatoms. The van der Waals surface area contributed by atoms with Crippen LogP contribution in [0.1, 0.15) is 12.0 Å². The van der Waals surface area contributed by atoms with Gasteiger partial charge in [-0.1, -0.05) is 36.1 Å². The Kier molecular flexibility index (Phi) is 6.20. The molecule has 1 atom stereocenters. The SMILES string of the molecule is CSCC[C@H](C(=O)[O-])N1C(=O)/C(=C\c2ccc(F)cc2)SC1=S. The Morgan fingerprint density at radius 2 is 2.13 bits per heavy atom. The molecule has 122 valence electrons. The fraction of sp³-hybridized carbons (Fsp3) is 0.267. The lowest BCUT2D eigenvalue weighted by Crippen LogP contribution is -2.50. The number of carboxylic acid groups (broad SMARTS) is 1. The van der Waals surface area contributed by atoms with Crippen molar-refractivity contribution < 1.29 is 19.1 Å². The average Bonchev–Trinajstić information content (AvgIpc) is 2.77. The number of nitrogens with zero attached hydrogens (tertiary/aromatic N) is 1. The molecule has 1 aromatic rings. The highest BCUT2D eigenvalue weighted by Gasteiger charge is 2.37. The van der Waals surface area contributed by atoms with E-state index in [1.54, 1.807) is 6.08 Å². The summed E-state index contributed by atoms with van der Waals surface area (Å²) in [4.78, 5) is 25.2. The summed E-state index contributed by atoms with van der Waals surface area (Å²) in [6, 6.07) is 4.57. The highest BCUT2D eigenvalue weighted by atomic mass is 32.2. The van der Waals surface area contributed by atoms with Crippen molar-refractivity contribution in [1.29, 1.82) is 0 Å². The van der Waals surface area contributed by atoms with Crippen LogP contribution in [-0.2, 0) is 9.59 Å². The Morgan fingerprint density at radius 1 is 1.48 bits per heavy atom. The lowest BCUT2D eigenvalue weighted by atomic mass is 10.1. The number of carboxylic acids is 1. The Labute approximate surface area is 147 Å². The third-order valence-electron chi connectivity index (χ3n) is 3.17. The van der Waals surface area contributed by atoms with Gasteiger partial charge >= 0.3 is 0 Å². The highest BCUT2D eigenvalue weighted by molar-refractivity contribution is 8.26. The van der Waals surface area contributed by atoms with Gasteiger partial charge in [0, 0.05) is 0 Å². The first kappa shape index (κ1) is 18.0. The van der Waals surface area contributed by atoms with E-state index >= 15 is 0 Å². The fourth-order valence-corrected chi connectivity index (χ4v) is 3.86. The number of carbonyl (C=O) groups excluding carboxylic acids is 2. The molecule has 1 saturated heterocycles. The second-order valence-corrected chi connectivity index (χ2v) is 7.38. The molecule has 1 aliphatic rings. The van der Waals surface area contributed by atoms with Crippen LogP contribution in [0.15, 0.2) is 29.2 Å². The number of thioether (sulfide) groups is 2. The third kappa shape index (κ3) is 4.33. The van der Waals surface area contributed by atoms with Gasteiger partial charge in [-0.2, -0.15) is 11.8 Å². The van der Waals surface area contributed by atoms with E-state index in [-0.39, 0.29) is 16.6 Å². The second-order valence-electron chi connectivity index (χ2n) is 4.72. The van der Waals surface area contributed by atoms with Gasteiger partial charge in [-0.05, 0) is 42.2 Å². The smallest absolute Gasteiger partial charge is 0.266 e. The van der Waals surface area contributed by atoms with Crippen molar-refractivity contribution in [3.63, 3.8) is 0 Å². The highest BCUT2D eigenvalue weighted by Crippen LogP contribution is 2.34. The van der Waals surface area contributed by atoms with Crippen molar-refractivity contribution in [2.45, 2.75) is 12.5 Å². The molecule has 2 rings (SSSR count). The number of halogens is 1. The average molecular weight is 370 g/mol. The fourth-order valence-electron chi connectivity index (χ4n) is 2.04. The molecule has 1 fully saturated rings. The standard InChI is InChI=1S/C15H14FNO3S3/c1-22-7-6-11(14(19)20)17-13(18)12(23-15(17)21)8-9-2-4-10(16)5-3-9/h2-5,8,11H,6-7H2,1H3,(H,19,20)/p-1/b12-8+/t11-/m1/s1. The molecule has 4 nitrogen and oxygen atoms in total. The predicted octanol–water partition coefficient (Wildman–Crippen LogP) is 1.90. The number of amides is 1. The summed E-state index contributed by atoms with van der Waals surface area (Å²) in [7, 11) is 0. The van der Waals surface area contributed by atoms with Crippen LogP contribution in [-0.4, -0.2) is 39.1 Å². The molecular weight excluding hydrogens is 357 g/mol. The summed E-state index contributed by atoms with van der Waals surface area (Å²) in [5.41, 5.74) is 0.640. The minimum absolute atomic E-state index is 0.193. The van der Waals surface area contributed by atoms with E-state index < -0.39 is 17.9 Å². The topological polar surface area (TPSA) is 60.4 Å². The van der Waals surface area contributed by atoms with Crippen molar-refractivity contribution in [1.82, 2.24) is 4.90 Å². The molecule has 1 heterocycles. The number of aliphatic carboxylic acids is 1. The third-order valence-corrected chi connectivity index (χ3v) is 5.14. The van der Waals surface area contributed by atoms with Crippen LogP contribution in [0.2, 0.25) is 0 Å². The van der Waals surface area contributed by atoms with E-state index in [0.717, 1.165) is 16.7 Å². The second kappa shape index (κ2) is 7.94. The molecule has 0 saturated carbocycles. The molecule has 0 N–H and O–H groups in total. The first-order chi connectivity index (χ1) is 10.9. The summed E-state index contributed by atoms with van der Waals surface area (Å²) in [5, 5.41) is 11.3. The molecule has 1 amide bonds. The molecule has 0 spiro atoms. The van der Waals surface area contributed by atoms with Crippen LogP contribution in [0.3, 0.4) is 0 Å². The van der Waals surface area contributed by atoms with Gasteiger partial charge in [0.15, 0.2) is 0 Å². The minimum Gasteiger partial charge on any atom is -0.548 e. The molecule has 0 unspecified atom stereocenters. The Bertz CT molecular complexity index is 660. The lowest BCUT2D eigenvalue weighted by molar-refractivity contribution is -0.310. The largest absolute Gasteiger partial charge is 0.548 e. The Morgan fingerprint density at radius 3 is 2.70 bits per heavy atom. The molecule has 1 aliphatic heterocycles. The Hall–Kier alpha value is -1.38. The summed E-state index contributed by atoms with van der Waals surface area (Å²) in [6.07, 6.45) is 3.69. The molecule has 0 bridgehead atoms. The maximum Gasteiger partial charge on any atom is 0.266 e. The lowest BCUT2D eigenvalue weighted by Gasteiger charge is -2.27. The zero-order valence-corrected chi connectivity index (χ0v) is 14.6. The van der Waals surface area contributed by atoms with E-state index in [1.807, 2.05) is 6.26 Å². The maximum absolute atomic E-state index is 12.9. The summed E-state index contributed by atoms with van der Waals surface area (Å²) in [6.45, 7) is 0. The number of thiocarbonyl (C=S) groups is 1. The van der Waals surface area contributed by atoms with E-state index in [0.29, 0.717) is 16.2 Å². The molecule has 0 aromatic heterocycles. The maximum atomic E-state index is 12.9. The van der Waals surface area contributed by atoms with Crippen molar-refractivity contribution in [3.05, 3.63) is 40.6 Å². The molecular formula is C15H13FNO3S3-. The van der Waals surface area contributed by atoms with Gasteiger partial charge < -0.3 is 9.90 Å². The van der Waals surface area contributed by atoms with E-state index in [4.69, 9.17) is 12.2 Å². The molecule has 0 radical (unpaired) electrons. The van der Waals surface area contributed by atoms with Gasteiger partial charge in [-0.15, -0.1) is 0 Å².